The van der Waals surface area contributed by atoms with E-state index in [4.69, 9.17) is 18.9 Å². The van der Waals surface area contributed by atoms with Gasteiger partial charge in [0.15, 0.2) is 17.1 Å². The highest BCUT2D eigenvalue weighted by atomic mass is 32.1. The Labute approximate surface area is 146 Å². The molecule has 0 atom stereocenters. The van der Waals surface area contributed by atoms with E-state index in [2.05, 4.69) is 4.98 Å². The summed E-state index contributed by atoms with van der Waals surface area (Å²) in [4.78, 5) is 18.6. The number of ether oxygens (including phenoxy) is 2. The van der Waals surface area contributed by atoms with Crippen LogP contribution in [-0.4, -0.2) is 24.2 Å². The van der Waals surface area contributed by atoms with Crippen LogP contribution < -0.4 is 15.2 Å². The maximum atomic E-state index is 11.3. The molecule has 2 heterocycles. The average Bonchev–Trinajstić information content (AvgIpc) is 3.26. The number of aromatic amines is 1. The van der Waals surface area contributed by atoms with Gasteiger partial charge < -0.3 is 13.9 Å². The lowest BCUT2D eigenvalue weighted by Gasteiger charge is -2.08. The van der Waals surface area contributed by atoms with E-state index in [0.29, 0.717) is 22.6 Å². The maximum absolute atomic E-state index is 11.3. The minimum absolute atomic E-state index is 0.462. The third kappa shape index (κ3) is 2.78. The minimum atomic E-state index is -0.462. The Balaban J connectivity index is 1.72. The number of oxazole rings is 1. The number of rotatable bonds is 4. The Hall–Kier alpha value is -3.06. The molecule has 0 spiro atoms. The van der Waals surface area contributed by atoms with Crippen LogP contribution in [0.4, 0.5) is 0 Å². The van der Waals surface area contributed by atoms with Crippen LogP contribution in [-0.2, 0) is 0 Å². The SMILES string of the molecule is COc1ccc(-c2nc(-c3ccc4oc(=O)[nH]c4c3)cs2)cc1OC. The van der Waals surface area contributed by atoms with Gasteiger partial charge in [-0.1, -0.05) is 0 Å². The summed E-state index contributed by atoms with van der Waals surface area (Å²) in [5.74, 6) is 0.878. The van der Waals surface area contributed by atoms with Gasteiger partial charge in [-0.05, 0) is 36.4 Å². The van der Waals surface area contributed by atoms with E-state index in [0.717, 1.165) is 21.8 Å². The summed E-state index contributed by atoms with van der Waals surface area (Å²) in [5, 5.41) is 2.85. The van der Waals surface area contributed by atoms with Crippen LogP contribution in [0.2, 0.25) is 0 Å². The number of methoxy groups -OCH3 is 2. The molecule has 2 aromatic heterocycles. The van der Waals surface area contributed by atoms with Gasteiger partial charge in [0.05, 0.1) is 25.4 Å². The van der Waals surface area contributed by atoms with Gasteiger partial charge in [-0.2, -0.15) is 0 Å². The Morgan fingerprint density at radius 2 is 1.84 bits per heavy atom. The summed E-state index contributed by atoms with van der Waals surface area (Å²) in [6, 6.07) is 11.2. The number of nitrogens with one attached hydrogen (secondary N) is 1. The summed E-state index contributed by atoms with van der Waals surface area (Å²) < 4.78 is 15.6. The van der Waals surface area contributed by atoms with Crippen molar-refractivity contribution in [3.8, 4) is 33.3 Å². The molecule has 0 aliphatic carbocycles. The van der Waals surface area contributed by atoms with Gasteiger partial charge in [-0.3, -0.25) is 4.98 Å². The molecule has 2 aromatic carbocycles. The molecule has 0 bridgehead atoms. The smallest absolute Gasteiger partial charge is 0.417 e. The van der Waals surface area contributed by atoms with Gasteiger partial charge in [0, 0.05) is 16.5 Å². The second-order valence-electron chi connectivity index (χ2n) is 5.33. The quantitative estimate of drug-likeness (QED) is 0.601. The predicted octanol–water partition coefficient (Wildman–Crippen LogP) is 3.93. The Morgan fingerprint density at radius 3 is 2.64 bits per heavy atom. The number of fused-ring (bicyclic) bond motifs is 1. The van der Waals surface area contributed by atoms with E-state index in [1.165, 1.54) is 11.3 Å². The summed E-state index contributed by atoms with van der Waals surface area (Å²) in [7, 11) is 3.21. The lowest BCUT2D eigenvalue weighted by atomic mass is 10.1. The molecule has 0 amide bonds. The molecule has 0 saturated heterocycles. The molecule has 25 heavy (non-hydrogen) atoms. The normalized spacial score (nSPS) is 11.0. The van der Waals surface area contributed by atoms with Gasteiger partial charge >= 0.3 is 5.76 Å². The molecule has 0 unspecified atom stereocenters. The summed E-state index contributed by atoms with van der Waals surface area (Å²) in [5.41, 5.74) is 3.88. The highest BCUT2D eigenvalue weighted by molar-refractivity contribution is 7.13. The van der Waals surface area contributed by atoms with Gasteiger partial charge in [0.1, 0.15) is 5.01 Å². The molecule has 4 rings (SSSR count). The fourth-order valence-corrected chi connectivity index (χ4v) is 3.45. The fourth-order valence-electron chi connectivity index (χ4n) is 2.62. The van der Waals surface area contributed by atoms with E-state index in [9.17, 15) is 4.79 Å². The van der Waals surface area contributed by atoms with E-state index >= 15 is 0 Å². The van der Waals surface area contributed by atoms with E-state index < -0.39 is 5.76 Å². The van der Waals surface area contributed by atoms with Crippen molar-refractivity contribution >= 4 is 22.4 Å². The fraction of sp³-hybridized carbons (Fsp3) is 0.111. The number of hydrogen-bond donors (Lipinski definition) is 1. The van der Waals surface area contributed by atoms with Crippen LogP contribution in [0.15, 0.2) is 51.0 Å². The minimum Gasteiger partial charge on any atom is -0.493 e. The number of thiazole rings is 1. The molecule has 0 fully saturated rings. The topological polar surface area (TPSA) is 77.4 Å². The predicted molar refractivity (Wildman–Crippen MR) is 96.5 cm³/mol. The van der Waals surface area contributed by atoms with Crippen LogP contribution >= 0.6 is 11.3 Å². The first kappa shape index (κ1) is 15.5. The van der Waals surface area contributed by atoms with Crippen LogP contribution in [0.1, 0.15) is 0 Å². The molecular formula is C18H14N2O4S. The van der Waals surface area contributed by atoms with E-state index in [-0.39, 0.29) is 0 Å². The number of nitrogens with zero attached hydrogens (tertiary/aromatic N) is 1. The first-order chi connectivity index (χ1) is 12.2. The molecular weight excluding hydrogens is 340 g/mol. The molecule has 1 N–H and O–H groups in total. The first-order valence-electron chi connectivity index (χ1n) is 7.49. The van der Waals surface area contributed by atoms with Crippen LogP contribution in [0.5, 0.6) is 11.5 Å². The monoisotopic (exact) mass is 354 g/mol. The summed E-state index contributed by atoms with van der Waals surface area (Å²) in [6.07, 6.45) is 0. The Kier molecular flexibility index (Phi) is 3.77. The molecule has 0 saturated carbocycles. The van der Waals surface area contributed by atoms with Gasteiger partial charge in [0.2, 0.25) is 0 Å². The average molecular weight is 354 g/mol. The van der Waals surface area contributed by atoms with E-state index in [1.54, 1.807) is 20.3 Å². The zero-order valence-electron chi connectivity index (χ0n) is 13.5. The van der Waals surface area contributed by atoms with Gasteiger partial charge in [-0.25, -0.2) is 9.78 Å². The highest BCUT2D eigenvalue weighted by Gasteiger charge is 2.11. The van der Waals surface area contributed by atoms with Gasteiger partial charge in [0.25, 0.3) is 0 Å². The zero-order valence-corrected chi connectivity index (χ0v) is 14.3. The second kappa shape index (κ2) is 6.10. The molecule has 0 radical (unpaired) electrons. The number of aromatic nitrogens is 2. The van der Waals surface area contributed by atoms with Crippen molar-refractivity contribution in [3.05, 3.63) is 52.3 Å². The second-order valence-corrected chi connectivity index (χ2v) is 6.19. The summed E-state index contributed by atoms with van der Waals surface area (Å²) in [6.45, 7) is 0. The molecule has 0 aliphatic heterocycles. The van der Waals surface area contributed by atoms with Crippen molar-refractivity contribution in [2.45, 2.75) is 0 Å². The molecule has 126 valence electrons. The Bertz CT molecular complexity index is 1110. The Morgan fingerprint density at radius 1 is 1.04 bits per heavy atom. The zero-order chi connectivity index (χ0) is 17.4. The van der Waals surface area contributed by atoms with Crippen LogP contribution in [0.3, 0.4) is 0 Å². The van der Waals surface area contributed by atoms with Crippen molar-refractivity contribution in [2.24, 2.45) is 0 Å². The van der Waals surface area contributed by atoms with E-state index in [1.807, 2.05) is 35.7 Å². The third-order valence-corrected chi connectivity index (χ3v) is 4.74. The third-order valence-electron chi connectivity index (χ3n) is 3.85. The molecule has 0 aliphatic rings. The largest absolute Gasteiger partial charge is 0.493 e. The number of benzene rings is 2. The number of hydrogen-bond acceptors (Lipinski definition) is 6. The van der Waals surface area contributed by atoms with Crippen molar-refractivity contribution in [3.63, 3.8) is 0 Å². The van der Waals surface area contributed by atoms with Crippen molar-refractivity contribution in [2.75, 3.05) is 14.2 Å². The van der Waals surface area contributed by atoms with Crippen LogP contribution in [0.25, 0.3) is 32.9 Å². The lowest BCUT2D eigenvalue weighted by molar-refractivity contribution is 0.355. The summed E-state index contributed by atoms with van der Waals surface area (Å²) >= 11 is 1.54. The first-order valence-corrected chi connectivity index (χ1v) is 8.37. The van der Waals surface area contributed by atoms with Crippen LogP contribution in [0, 0.1) is 0 Å². The number of H-pyrrole nitrogens is 1. The highest BCUT2D eigenvalue weighted by Crippen LogP contribution is 2.35. The molecule has 6 nitrogen and oxygen atoms in total. The lowest BCUT2D eigenvalue weighted by Crippen LogP contribution is -1.92. The van der Waals surface area contributed by atoms with Crippen molar-refractivity contribution < 1.29 is 13.9 Å². The molecule has 4 aromatic rings. The van der Waals surface area contributed by atoms with Crippen molar-refractivity contribution in [1.29, 1.82) is 0 Å². The maximum Gasteiger partial charge on any atom is 0.417 e. The molecule has 7 heteroatoms. The van der Waals surface area contributed by atoms with Crippen molar-refractivity contribution in [1.82, 2.24) is 9.97 Å². The van der Waals surface area contributed by atoms with Gasteiger partial charge in [-0.15, -0.1) is 11.3 Å². The standard InChI is InChI=1S/C18H14N2O4S/c1-22-15-6-4-11(8-16(15)23-2)17-19-13(9-25-17)10-3-5-14-12(7-10)20-18(21)24-14/h3-9H,1-2H3,(H,20,21).